The predicted octanol–water partition coefficient (Wildman–Crippen LogP) is 5.60. The number of urea groups is 1. The van der Waals surface area contributed by atoms with E-state index in [9.17, 15) is 9.59 Å². The zero-order chi connectivity index (χ0) is 27.2. The number of rotatable bonds is 9. The van der Waals surface area contributed by atoms with Gasteiger partial charge < -0.3 is 20.3 Å². The Balaban J connectivity index is 1.84. The van der Waals surface area contributed by atoms with Crippen LogP contribution in [-0.4, -0.2) is 53.4 Å². The van der Waals surface area contributed by atoms with Crippen LogP contribution >= 0.6 is 0 Å². The molecule has 198 valence electrons. The molecule has 0 aliphatic rings. The predicted molar refractivity (Wildman–Crippen MR) is 149 cm³/mol. The standard InChI is InChI=1S/C29H39N5O3/c1-20-12-8-9-15-23(20)34-25(18-24(32-34)29(4,5)6)30-26(35)19-33(16-11-17-37-7)28(36)31-27-21(2)13-10-14-22(27)3/h8-10,12-15,18H,11,16-17,19H2,1-7H3,(H,30,35)(H,31,36). The van der Waals surface area contributed by atoms with Crippen molar-refractivity contribution >= 4 is 23.4 Å². The molecule has 1 aromatic heterocycles. The lowest BCUT2D eigenvalue weighted by Crippen LogP contribution is -2.41. The molecular weight excluding hydrogens is 466 g/mol. The number of aryl methyl sites for hydroxylation is 3. The molecule has 0 bridgehead atoms. The highest BCUT2D eigenvalue weighted by Crippen LogP contribution is 2.27. The van der Waals surface area contributed by atoms with Crippen molar-refractivity contribution in [1.29, 1.82) is 0 Å². The van der Waals surface area contributed by atoms with Crippen LogP contribution in [0.3, 0.4) is 0 Å². The van der Waals surface area contributed by atoms with Gasteiger partial charge >= 0.3 is 6.03 Å². The zero-order valence-corrected chi connectivity index (χ0v) is 23.0. The Labute approximate surface area is 220 Å². The highest BCUT2D eigenvalue weighted by molar-refractivity contribution is 5.97. The Bertz CT molecular complexity index is 1220. The summed E-state index contributed by atoms with van der Waals surface area (Å²) in [4.78, 5) is 28.0. The minimum absolute atomic E-state index is 0.107. The van der Waals surface area contributed by atoms with E-state index in [1.165, 1.54) is 4.90 Å². The SMILES string of the molecule is COCCCN(CC(=O)Nc1cc(C(C)(C)C)nn1-c1ccccc1C)C(=O)Nc1c(C)cccc1C. The number of hydrogen-bond acceptors (Lipinski definition) is 4. The fraction of sp³-hybridized carbons (Fsp3) is 0.414. The molecule has 37 heavy (non-hydrogen) atoms. The molecule has 0 aliphatic heterocycles. The average Bonchev–Trinajstić information content (AvgIpc) is 3.25. The molecule has 3 rings (SSSR count). The normalized spacial score (nSPS) is 11.3. The fourth-order valence-corrected chi connectivity index (χ4v) is 4.03. The maximum Gasteiger partial charge on any atom is 0.322 e. The summed E-state index contributed by atoms with van der Waals surface area (Å²) in [5, 5.41) is 10.8. The van der Waals surface area contributed by atoms with Gasteiger partial charge in [-0.3, -0.25) is 4.79 Å². The molecule has 0 radical (unpaired) electrons. The van der Waals surface area contributed by atoms with Crippen LogP contribution in [0.25, 0.3) is 5.69 Å². The number of benzene rings is 2. The van der Waals surface area contributed by atoms with Gasteiger partial charge in [-0.05, 0) is 49.9 Å². The van der Waals surface area contributed by atoms with Gasteiger partial charge in [-0.2, -0.15) is 5.10 Å². The average molecular weight is 506 g/mol. The second-order valence-electron chi connectivity index (χ2n) is 10.4. The molecule has 2 N–H and O–H groups in total. The van der Waals surface area contributed by atoms with Crippen LogP contribution in [0.15, 0.2) is 48.5 Å². The second kappa shape index (κ2) is 12.1. The molecule has 3 amide bonds. The van der Waals surface area contributed by atoms with Crippen molar-refractivity contribution in [3.63, 3.8) is 0 Å². The van der Waals surface area contributed by atoms with Gasteiger partial charge in [0.25, 0.3) is 0 Å². The number of methoxy groups -OCH3 is 1. The van der Waals surface area contributed by atoms with Crippen molar-refractivity contribution in [3.05, 3.63) is 70.9 Å². The molecule has 3 aromatic rings. The van der Waals surface area contributed by atoms with Gasteiger partial charge in [0.15, 0.2) is 0 Å². The monoisotopic (exact) mass is 505 g/mol. The van der Waals surface area contributed by atoms with Gasteiger partial charge in [-0.25, -0.2) is 9.48 Å². The van der Waals surface area contributed by atoms with E-state index < -0.39 is 0 Å². The van der Waals surface area contributed by atoms with E-state index in [1.807, 2.05) is 69.3 Å². The van der Waals surface area contributed by atoms with Crippen LogP contribution in [0, 0.1) is 20.8 Å². The quantitative estimate of drug-likeness (QED) is 0.370. The lowest BCUT2D eigenvalue weighted by Gasteiger charge is -2.24. The molecule has 0 aliphatic carbocycles. The first-order chi connectivity index (χ1) is 17.5. The van der Waals surface area contributed by atoms with Gasteiger partial charge in [-0.15, -0.1) is 0 Å². The van der Waals surface area contributed by atoms with Crippen molar-refractivity contribution in [2.24, 2.45) is 0 Å². The fourth-order valence-electron chi connectivity index (χ4n) is 4.03. The van der Waals surface area contributed by atoms with Crippen molar-refractivity contribution in [2.75, 3.05) is 37.4 Å². The molecule has 0 saturated carbocycles. The number of carbonyl (C=O) groups excluding carboxylic acids is 2. The lowest BCUT2D eigenvalue weighted by atomic mass is 9.92. The van der Waals surface area contributed by atoms with Crippen LogP contribution < -0.4 is 10.6 Å². The largest absolute Gasteiger partial charge is 0.385 e. The van der Waals surface area contributed by atoms with Crippen molar-refractivity contribution in [3.8, 4) is 5.69 Å². The maximum atomic E-state index is 13.3. The van der Waals surface area contributed by atoms with Crippen molar-refractivity contribution < 1.29 is 14.3 Å². The first kappa shape index (κ1) is 27.9. The summed E-state index contributed by atoms with van der Waals surface area (Å²) >= 11 is 0. The molecule has 8 heteroatoms. The second-order valence-corrected chi connectivity index (χ2v) is 10.4. The number of aromatic nitrogens is 2. The third-order valence-corrected chi connectivity index (χ3v) is 6.20. The smallest absolute Gasteiger partial charge is 0.322 e. The van der Waals surface area contributed by atoms with Gasteiger partial charge in [-0.1, -0.05) is 57.2 Å². The van der Waals surface area contributed by atoms with Crippen molar-refractivity contribution in [2.45, 2.75) is 53.4 Å². The Hall–Kier alpha value is -3.65. The van der Waals surface area contributed by atoms with E-state index in [0.29, 0.717) is 25.4 Å². The Morgan fingerprint density at radius 3 is 2.24 bits per heavy atom. The number of hydrogen-bond donors (Lipinski definition) is 2. The van der Waals surface area contributed by atoms with E-state index in [-0.39, 0.29) is 23.9 Å². The van der Waals surface area contributed by atoms with Gasteiger partial charge in [0.05, 0.1) is 11.4 Å². The molecule has 0 fully saturated rings. The molecule has 2 aromatic carbocycles. The number of ether oxygens (including phenoxy) is 1. The summed E-state index contributed by atoms with van der Waals surface area (Å²) in [6.45, 7) is 12.9. The lowest BCUT2D eigenvalue weighted by molar-refractivity contribution is -0.116. The van der Waals surface area contributed by atoms with Crippen LogP contribution in [0.5, 0.6) is 0 Å². The number of nitrogens with one attached hydrogen (secondary N) is 2. The zero-order valence-electron chi connectivity index (χ0n) is 23.0. The molecule has 0 unspecified atom stereocenters. The van der Waals surface area contributed by atoms with Crippen LogP contribution in [0.1, 0.15) is 49.6 Å². The van der Waals surface area contributed by atoms with E-state index in [4.69, 9.17) is 9.84 Å². The van der Waals surface area contributed by atoms with Crippen LogP contribution in [-0.2, 0) is 14.9 Å². The Kier molecular flexibility index (Phi) is 9.10. The number of nitrogens with zero attached hydrogens (tertiary/aromatic N) is 3. The van der Waals surface area contributed by atoms with Crippen LogP contribution in [0.4, 0.5) is 16.3 Å². The molecule has 0 atom stereocenters. The highest BCUT2D eigenvalue weighted by atomic mass is 16.5. The number of anilines is 2. The first-order valence-corrected chi connectivity index (χ1v) is 12.6. The van der Waals surface area contributed by atoms with Crippen LogP contribution in [0.2, 0.25) is 0 Å². The van der Waals surface area contributed by atoms with E-state index in [2.05, 4.69) is 31.4 Å². The van der Waals surface area contributed by atoms with Gasteiger partial charge in [0.2, 0.25) is 5.91 Å². The topological polar surface area (TPSA) is 88.5 Å². The van der Waals surface area contributed by atoms with E-state index in [1.54, 1.807) is 11.8 Å². The molecular formula is C29H39N5O3. The molecule has 1 heterocycles. The summed E-state index contributed by atoms with van der Waals surface area (Å²) in [7, 11) is 1.62. The number of amides is 3. The Morgan fingerprint density at radius 2 is 1.62 bits per heavy atom. The van der Waals surface area contributed by atoms with Crippen molar-refractivity contribution in [1.82, 2.24) is 14.7 Å². The van der Waals surface area contributed by atoms with E-state index >= 15 is 0 Å². The van der Waals surface area contributed by atoms with Gasteiger partial charge in [0, 0.05) is 37.4 Å². The summed E-state index contributed by atoms with van der Waals surface area (Å²) in [6, 6.07) is 15.3. The third-order valence-electron chi connectivity index (χ3n) is 6.20. The third kappa shape index (κ3) is 7.20. The summed E-state index contributed by atoms with van der Waals surface area (Å²) in [5.41, 5.74) is 5.27. The summed E-state index contributed by atoms with van der Waals surface area (Å²) < 4.78 is 6.93. The summed E-state index contributed by atoms with van der Waals surface area (Å²) in [5.74, 6) is 0.264. The summed E-state index contributed by atoms with van der Waals surface area (Å²) in [6.07, 6.45) is 0.610. The van der Waals surface area contributed by atoms with Gasteiger partial charge in [0.1, 0.15) is 12.4 Å². The first-order valence-electron chi connectivity index (χ1n) is 12.6. The highest BCUT2D eigenvalue weighted by Gasteiger charge is 2.24. The minimum atomic E-state index is -0.327. The molecule has 0 spiro atoms. The number of carbonyl (C=O) groups is 2. The molecule has 0 saturated heterocycles. The maximum absolute atomic E-state index is 13.3. The minimum Gasteiger partial charge on any atom is -0.385 e. The number of para-hydroxylation sites is 2. The molecule has 8 nitrogen and oxygen atoms in total. The van der Waals surface area contributed by atoms with E-state index in [0.717, 1.165) is 33.8 Å². The Morgan fingerprint density at radius 1 is 0.973 bits per heavy atom.